The van der Waals surface area contributed by atoms with Gasteiger partial charge in [-0.15, -0.1) is 0 Å². The first-order valence-corrected chi connectivity index (χ1v) is 19.5. The minimum Gasteiger partial charge on any atom is -0.455 e. The van der Waals surface area contributed by atoms with Crippen molar-refractivity contribution >= 4 is 65.3 Å². The van der Waals surface area contributed by atoms with E-state index in [0.29, 0.717) is 17.5 Å². The van der Waals surface area contributed by atoms with E-state index in [1.807, 2.05) is 54.6 Å². The lowest BCUT2D eigenvalue weighted by atomic mass is 9.92. The van der Waals surface area contributed by atoms with Crippen molar-refractivity contribution in [3.8, 4) is 51.0 Å². The molecule has 12 rings (SSSR count). The molecule has 3 heterocycles. The van der Waals surface area contributed by atoms with Crippen molar-refractivity contribution in [2.75, 3.05) is 0 Å². The van der Waals surface area contributed by atoms with Crippen LogP contribution in [0.1, 0.15) is 0 Å². The van der Waals surface area contributed by atoms with E-state index in [4.69, 9.17) is 19.4 Å². The van der Waals surface area contributed by atoms with Crippen molar-refractivity contribution in [1.82, 2.24) is 19.5 Å². The number of hydrogen-bond acceptors (Lipinski definition) is 4. The Morgan fingerprint density at radius 1 is 0.345 bits per heavy atom. The molecule has 0 fully saturated rings. The topological polar surface area (TPSA) is 56.7 Å². The summed E-state index contributed by atoms with van der Waals surface area (Å²) in [5.74, 6) is 1.72. The van der Waals surface area contributed by atoms with Gasteiger partial charge >= 0.3 is 0 Å². The molecule has 0 aliphatic carbocycles. The van der Waals surface area contributed by atoms with Crippen LogP contribution in [0, 0.1) is 0 Å². The largest absolute Gasteiger partial charge is 0.455 e. The fourth-order valence-corrected chi connectivity index (χ4v) is 8.78. The molecule has 0 spiro atoms. The first-order valence-electron chi connectivity index (χ1n) is 19.5. The summed E-state index contributed by atoms with van der Waals surface area (Å²) in [5, 5.41) is 9.31. The van der Waals surface area contributed by atoms with Gasteiger partial charge in [-0.05, 0) is 81.2 Å². The van der Waals surface area contributed by atoms with Crippen LogP contribution < -0.4 is 0 Å². The minimum absolute atomic E-state index is 0.550. The summed E-state index contributed by atoms with van der Waals surface area (Å²) in [6.07, 6.45) is 0. The Kier molecular flexibility index (Phi) is 7.16. The van der Waals surface area contributed by atoms with Gasteiger partial charge in [-0.3, -0.25) is 0 Å². The zero-order chi connectivity index (χ0) is 38.2. The summed E-state index contributed by atoms with van der Waals surface area (Å²) < 4.78 is 8.90. The number of para-hydroxylation sites is 4. The Morgan fingerprint density at radius 3 is 1.69 bits per heavy atom. The van der Waals surface area contributed by atoms with E-state index >= 15 is 0 Å². The molecule has 0 saturated carbocycles. The predicted octanol–water partition coefficient (Wildman–Crippen LogP) is 13.8. The van der Waals surface area contributed by atoms with Gasteiger partial charge in [0.25, 0.3) is 0 Å². The average Bonchev–Trinajstić information content (AvgIpc) is 3.85. The third-order valence-electron chi connectivity index (χ3n) is 11.4. The van der Waals surface area contributed by atoms with Crippen LogP contribution in [0.3, 0.4) is 0 Å². The molecule has 3 aromatic heterocycles. The molecular weight excluding hydrogens is 709 g/mol. The molecule has 0 N–H and O–H groups in total. The molecule has 0 aliphatic heterocycles. The molecule has 0 bridgehead atoms. The van der Waals surface area contributed by atoms with Gasteiger partial charge in [-0.1, -0.05) is 146 Å². The van der Waals surface area contributed by atoms with Crippen LogP contribution in [0.15, 0.2) is 199 Å². The quantitative estimate of drug-likeness (QED) is 0.165. The third kappa shape index (κ3) is 5.07. The van der Waals surface area contributed by atoms with Crippen molar-refractivity contribution < 1.29 is 4.42 Å². The lowest BCUT2D eigenvalue weighted by molar-refractivity contribution is 0.669. The van der Waals surface area contributed by atoms with Crippen molar-refractivity contribution in [1.29, 1.82) is 0 Å². The summed E-state index contributed by atoms with van der Waals surface area (Å²) in [4.78, 5) is 15.7. The molecule has 0 saturated heterocycles. The molecule has 5 nitrogen and oxygen atoms in total. The van der Waals surface area contributed by atoms with Crippen LogP contribution in [0.25, 0.3) is 116 Å². The summed E-state index contributed by atoms with van der Waals surface area (Å²) in [6.45, 7) is 0. The Hall–Kier alpha value is -7.89. The first-order chi connectivity index (χ1) is 28.7. The number of fused-ring (bicyclic) bond motifs is 9. The van der Waals surface area contributed by atoms with Gasteiger partial charge in [0.05, 0.1) is 16.6 Å². The van der Waals surface area contributed by atoms with Crippen LogP contribution in [-0.4, -0.2) is 19.5 Å². The molecule has 0 atom stereocenters. The van der Waals surface area contributed by atoms with Crippen molar-refractivity contribution in [2.24, 2.45) is 0 Å². The maximum Gasteiger partial charge on any atom is 0.167 e. The van der Waals surface area contributed by atoms with E-state index in [1.165, 1.54) is 32.3 Å². The summed E-state index contributed by atoms with van der Waals surface area (Å²) >= 11 is 0. The van der Waals surface area contributed by atoms with Gasteiger partial charge in [-0.2, -0.15) is 0 Å². The number of furan rings is 1. The summed E-state index contributed by atoms with van der Waals surface area (Å²) in [5.41, 5.74) is 9.67. The van der Waals surface area contributed by atoms with E-state index in [0.717, 1.165) is 66.5 Å². The zero-order valence-corrected chi connectivity index (χ0v) is 31.2. The molecule has 0 radical (unpaired) electrons. The van der Waals surface area contributed by atoms with E-state index < -0.39 is 0 Å². The second kappa shape index (κ2) is 12.8. The summed E-state index contributed by atoms with van der Waals surface area (Å²) in [7, 11) is 0. The third-order valence-corrected chi connectivity index (χ3v) is 11.4. The van der Waals surface area contributed by atoms with Crippen LogP contribution >= 0.6 is 0 Å². The monoisotopic (exact) mass is 740 g/mol. The lowest BCUT2D eigenvalue weighted by Crippen LogP contribution is -2.02. The normalized spacial score (nSPS) is 11.8. The highest BCUT2D eigenvalue weighted by Crippen LogP contribution is 2.41. The molecule has 0 unspecified atom stereocenters. The Balaban J connectivity index is 1.17. The molecule has 5 heteroatoms. The fourth-order valence-electron chi connectivity index (χ4n) is 8.78. The highest BCUT2D eigenvalue weighted by atomic mass is 16.3. The maximum atomic E-state index is 6.53. The van der Waals surface area contributed by atoms with E-state index in [9.17, 15) is 0 Å². The number of hydrogen-bond donors (Lipinski definition) is 0. The zero-order valence-electron chi connectivity index (χ0n) is 31.2. The number of nitrogens with zero attached hydrogens (tertiary/aromatic N) is 4. The SMILES string of the molecule is c1ccc(-c2nc(-c3cc(-c4cc5ccccc5c5ccccc45)cc(-n4c5ccccc5c5ccccc54)c3)nc(-c3cccc4c3oc3ccccc34)n2)cc1. The molecule has 9 aromatic carbocycles. The molecule has 270 valence electrons. The maximum absolute atomic E-state index is 6.53. The van der Waals surface area contributed by atoms with E-state index in [1.54, 1.807) is 0 Å². The van der Waals surface area contributed by atoms with Crippen LogP contribution in [0.4, 0.5) is 0 Å². The second-order valence-corrected chi connectivity index (χ2v) is 14.8. The standard InChI is InChI=1S/C53H32N4O/c1-2-15-33(16-3-1)51-54-52(56-53(55-51)45-25-14-24-44-43-23-10-13-28-49(43)58-50(44)45)36-29-35(46-32-34-17-4-5-18-38(34)39-19-6-7-20-40(39)46)30-37(31-36)57-47-26-11-8-21-41(47)42-22-9-12-27-48(42)57/h1-32H. The second-order valence-electron chi connectivity index (χ2n) is 14.8. The number of benzene rings is 9. The summed E-state index contributed by atoms with van der Waals surface area (Å²) in [6, 6.07) is 68.2. The van der Waals surface area contributed by atoms with Gasteiger partial charge in [0.2, 0.25) is 0 Å². The van der Waals surface area contributed by atoms with Gasteiger partial charge in [0, 0.05) is 38.4 Å². The number of rotatable bonds is 5. The van der Waals surface area contributed by atoms with Gasteiger partial charge < -0.3 is 8.98 Å². The van der Waals surface area contributed by atoms with E-state index in [2.05, 4.69) is 144 Å². The Labute approximate surface area is 333 Å². The van der Waals surface area contributed by atoms with Crippen molar-refractivity contribution in [3.05, 3.63) is 194 Å². The predicted molar refractivity (Wildman–Crippen MR) is 238 cm³/mol. The number of aromatic nitrogens is 4. The Morgan fingerprint density at radius 2 is 0.914 bits per heavy atom. The average molecular weight is 741 g/mol. The van der Waals surface area contributed by atoms with Gasteiger partial charge in [-0.25, -0.2) is 15.0 Å². The fraction of sp³-hybridized carbons (Fsp3) is 0. The van der Waals surface area contributed by atoms with Crippen molar-refractivity contribution in [2.45, 2.75) is 0 Å². The molecule has 58 heavy (non-hydrogen) atoms. The first kappa shape index (κ1) is 32.4. The van der Waals surface area contributed by atoms with Gasteiger partial charge in [0.1, 0.15) is 11.2 Å². The highest BCUT2D eigenvalue weighted by Gasteiger charge is 2.20. The van der Waals surface area contributed by atoms with Crippen molar-refractivity contribution in [3.63, 3.8) is 0 Å². The van der Waals surface area contributed by atoms with Gasteiger partial charge in [0.15, 0.2) is 17.5 Å². The minimum atomic E-state index is 0.550. The molecule has 0 aliphatic rings. The van der Waals surface area contributed by atoms with E-state index in [-0.39, 0.29) is 0 Å². The lowest BCUT2D eigenvalue weighted by Gasteiger charge is -2.16. The molecular formula is C53H32N4O. The van der Waals surface area contributed by atoms with Crippen LogP contribution in [-0.2, 0) is 0 Å². The highest BCUT2D eigenvalue weighted by molar-refractivity contribution is 6.14. The smallest absolute Gasteiger partial charge is 0.167 e. The Bertz CT molecular complexity index is 3530. The van der Waals surface area contributed by atoms with Crippen LogP contribution in [0.5, 0.6) is 0 Å². The molecule has 0 amide bonds. The molecule has 12 aromatic rings. The van der Waals surface area contributed by atoms with Crippen LogP contribution in [0.2, 0.25) is 0 Å².